The van der Waals surface area contributed by atoms with Crippen LogP contribution in [-0.4, -0.2) is 60.4 Å². The molecule has 1 spiro atoms. The summed E-state index contributed by atoms with van der Waals surface area (Å²) >= 11 is 0. The van der Waals surface area contributed by atoms with Crippen LogP contribution in [0.15, 0.2) is 29.5 Å². The summed E-state index contributed by atoms with van der Waals surface area (Å²) in [6.45, 7) is 3.98. The summed E-state index contributed by atoms with van der Waals surface area (Å²) in [5.74, 6) is -0.346. The fourth-order valence-corrected chi connectivity index (χ4v) is 5.72. The highest BCUT2D eigenvalue weighted by Crippen LogP contribution is 2.47. The van der Waals surface area contributed by atoms with Crippen molar-refractivity contribution in [2.45, 2.75) is 58.1 Å². The summed E-state index contributed by atoms with van der Waals surface area (Å²) in [7, 11) is 2.17. The van der Waals surface area contributed by atoms with E-state index in [0.29, 0.717) is 30.3 Å². The Labute approximate surface area is 188 Å². The van der Waals surface area contributed by atoms with Crippen LogP contribution in [0.2, 0.25) is 0 Å². The van der Waals surface area contributed by atoms with Crippen LogP contribution in [0, 0.1) is 5.41 Å². The fourth-order valence-electron chi connectivity index (χ4n) is 5.72. The van der Waals surface area contributed by atoms with E-state index < -0.39 is 0 Å². The summed E-state index contributed by atoms with van der Waals surface area (Å²) in [4.78, 5) is 40.9. The molecule has 0 aromatic heterocycles. The molecule has 7 heteroatoms. The van der Waals surface area contributed by atoms with Crippen LogP contribution in [0.3, 0.4) is 0 Å². The van der Waals surface area contributed by atoms with E-state index in [4.69, 9.17) is 9.47 Å². The monoisotopic (exact) mass is 438 g/mol. The fraction of sp³-hybridized carbons (Fsp3) is 0.560. The molecule has 32 heavy (non-hydrogen) atoms. The van der Waals surface area contributed by atoms with Crippen LogP contribution in [0.1, 0.15) is 60.5 Å². The molecule has 1 saturated heterocycles. The molecule has 1 aliphatic carbocycles. The molecule has 0 unspecified atom stereocenters. The van der Waals surface area contributed by atoms with Gasteiger partial charge in [0.05, 0.1) is 22.2 Å². The van der Waals surface area contributed by atoms with Crippen molar-refractivity contribution >= 4 is 17.8 Å². The van der Waals surface area contributed by atoms with Crippen LogP contribution in [0.5, 0.6) is 0 Å². The molecule has 1 aromatic rings. The van der Waals surface area contributed by atoms with Gasteiger partial charge in [-0.05, 0) is 64.1 Å². The zero-order valence-corrected chi connectivity index (χ0v) is 18.8. The second kappa shape index (κ2) is 8.03. The number of fused-ring (bicyclic) bond motifs is 1. The molecule has 2 fully saturated rings. The number of carbonyl (C=O) groups is 3. The minimum atomic E-state index is -0.304. The van der Waals surface area contributed by atoms with Crippen molar-refractivity contribution in [3.63, 3.8) is 0 Å². The lowest BCUT2D eigenvalue weighted by Crippen LogP contribution is -2.43. The average molecular weight is 439 g/mol. The van der Waals surface area contributed by atoms with Crippen LogP contribution in [0.4, 0.5) is 0 Å². The number of rotatable bonds is 5. The van der Waals surface area contributed by atoms with Gasteiger partial charge in [0.1, 0.15) is 13.2 Å². The zero-order chi connectivity index (χ0) is 22.5. The number of nitrogens with zero attached hydrogens (tertiary/aromatic N) is 2. The van der Waals surface area contributed by atoms with E-state index in [1.54, 1.807) is 6.92 Å². The molecule has 1 saturated carbocycles. The third kappa shape index (κ3) is 3.52. The Kier molecular flexibility index (Phi) is 5.32. The number of amides is 1. The molecule has 3 aliphatic heterocycles. The minimum absolute atomic E-state index is 0.182. The summed E-state index contributed by atoms with van der Waals surface area (Å²) in [5.41, 5.74) is 3.96. The first-order valence-electron chi connectivity index (χ1n) is 11.6. The van der Waals surface area contributed by atoms with E-state index in [9.17, 15) is 14.4 Å². The lowest BCUT2D eigenvalue weighted by atomic mass is 9.71. The topological polar surface area (TPSA) is 76.2 Å². The molecule has 1 aromatic carbocycles. The van der Waals surface area contributed by atoms with Gasteiger partial charge in [0, 0.05) is 24.7 Å². The van der Waals surface area contributed by atoms with E-state index in [1.807, 2.05) is 17.0 Å². The first-order valence-corrected chi connectivity index (χ1v) is 11.6. The predicted molar refractivity (Wildman–Crippen MR) is 117 cm³/mol. The molecular formula is C25H30N2O5. The van der Waals surface area contributed by atoms with Crippen LogP contribution < -0.4 is 0 Å². The first kappa shape index (κ1) is 21.2. The maximum absolute atomic E-state index is 13.3. The van der Waals surface area contributed by atoms with Crippen molar-refractivity contribution < 1.29 is 23.9 Å². The molecule has 3 heterocycles. The van der Waals surface area contributed by atoms with Crippen LogP contribution in [-0.2, 0) is 32.1 Å². The Morgan fingerprint density at radius 2 is 1.81 bits per heavy atom. The zero-order valence-electron chi connectivity index (χ0n) is 18.8. The molecule has 0 N–H and O–H groups in total. The van der Waals surface area contributed by atoms with Gasteiger partial charge < -0.3 is 19.3 Å². The van der Waals surface area contributed by atoms with Crippen LogP contribution in [0.25, 0.3) is 0 Å². The minimum Gasteiger partial charge on any atom is -0.457 e. The van der Waals surface area contributed by atoms with Crippen molar-refractivity contribution in [2.24, 2.45) is 5.41 Å². The number of cyclic esters (lactones) is 2. The van der Waals surface area contributed by atoms with Gasteiger partial charge >= 0.3 is 11.9 Å². The van der Waals surface area contributed by atoms with E-state index in [0.717, 1.165) is 56.3 Å². The standard InChI is InChI=1S/C25H30N2O5/c1-16-21(15-32-22(16)28)27-12-10-25(24(27)30)8-5-19(6-9-25)26(2)11-7-17-3-4-20-18(13-17)14-31-23(20)29/h3-4,13,19H,5-12,14-15H2,1-2H3. The van der Waals surface area contributed by atoms with E-state index in [2.05, 4.69) is 18.0 Å². The Morgan fingerprint density at radius 3 is 2.53 bits per heavy atom. The number of likely N-dealkylation sites (N-methyl/N-ethyl adjacent to an activating group) is 1. The number of ether oxygens (including phenoxy) is 2. The number of carbonyl (C=O) groups excluding carboxylic acids is 3. The largest absolute Gasteiger partial charge is 0.457 e. The van der Waals surface area contributed by atoms with Gasteiger partial charge in [-0.25, -0.2) is 9.59 Å². The third-order valence-corrected chi connectivity index (χ3v) is 7.95. The van der Waals surface area contributed by atoms with Gasteiger partial charge in [0.25, 0.3) is 0 Å². The summed E-state index contributed by atoms with van der Waals surface area (Å²) < 4.78 is 10.2. The smallest absolute Gasteiger partial charge is 0.338 e. The average Bonchev–Trinajstić information content (AvgIpc) is 3.44. The highest BCUT2D eigenvalue weighted by Gasteiger charge is 2.50. The Hall–Kier alpha value is -2.67. The van der Waals surface area contributed by atoms with E-state index in [1.165, 1.54) is 5.56 Å². The molecule has 170 valence electrons. The molecule has 5 rings (SSSR count). The number of hydrogen-bond donors (Lipinski definition) is 0. The molecule has 4 aliphatic rings. The SMILES string of the molecule is CC1=C(N2CCC3(CCC(N(C)CCc4ccc5c(c4)COC5=O)CC3)C2=O)COC1=O. The molecular weight excluding hydrogens is 408 g/mol. The van der Waals surface area contributed by atoms with Gasteiger partial charge in [-0.15, -0.1) is 0 Å². The Balaban J connectivity index is 1.16. The summed E-state index contributed by atoms with van der Waals surface area (Å²) in [5, 5.41) is 0. The van der Waals surface area contributed by atoms with Crippen molar-refractivity contribution in [1.29, 1.82) is 0 Å². The van der Waals surface area contributed by atoms with Gasteiger partial charge in [-0.1, -0.05) is 12.1 Å². The molecule has 0 bridgehead atoms. The number of likely N-dealkylation sites (tertiary alicyclic amines) is 1. The second-order valence-electron chi connectivity index (χ2n) is 9.66. The third-order valence-electron chi connectivity index (χ3n) is 7.95. The van der Waals surface area contributed by atoms with Crippen LogP contribution >= 0.6 is 0 Å². The Morgan fingerprint density at radius 1 is 1.06 bits per heavy atom. The first-order chi connectivity index (χ1) is 15.4. The quantitative estimate of drug-likeness (QED) is 0.658. The summed E-state index contributed by atoms with van der Waals surface area (Å²) in [6.07, 6.45) is 5.61. The lowest BCUT2D eigenvalue weighted by Gasteiger charge is -2.39. The highest BCUT2D eigenvalue weighted by molar-refractivity contribution is 5.94. The highest BCUT2D eigenvalue weighted by atomic mass is 16.5. The van der Waals surface area contributed by atoms with Gasteiger partial charge in [0.2, 0.25) is 5.91 Å². The van der Waals surface area contributed by atoms with Crippen molar-refractivity contribution in [1.82, 2.24) is 9.80 Å². The summed E-state index contributed by atoms with van der Waals surface area (Å²) in [6, 6.07) is 6.46. The van der Waals surface area contributed by atoms with E-state index in [-0.39, 0.29) is 29.9 Å². The number of esters is 2. The number of benzene rings is 1. The molecule has 0 atom stereocenters. The van der Waals surface area contributed by atoms with Crippen molar-refractivity contribution in [3.05, 3.63) is 46.2 Å². The van der Waals surface area contributed by atoms with Gasteiger partial charge in [0.15, 0.2) is 0 Å². The lowest BCUT2D eigenvalue weighted by molar-refractivity contribution is -0.138. The molecule has 1 amide bonds. The maximum Gasteiger partial charge on any atom is 0.338 e. The van der Waals surface area contributed by atoms with Gasteiger partial charge in [-0.3, -0.25) is 4.79 Å². The van der Waals surface area contributed by atoms with Crippen molar-refractivity contribution in [3.8, 4) is 0 Å². The second-order valence-corrected chi connectivity index (χ2v) is 9.66. The van der Waals surface area contributed by atoms with Gasteiger partial charge in [-0.2, -0.15) is 0 Å². The Bertz CT molecular complexity index is 1010. The molecule has 7 nitrogen and oxygen atoms in total. The maximum atomic E-state index is 13.3. The van der Waals surface area contributed by atoms with Crippen molar-refractivity contribution in [2.75, 3.05) is 26.7 Å². The normalized spacial score (nSPS) is 27.5. The molecule has 0 radical (unpaired) electrons. The van der Waals surface area contributed by atoms with E-state index >= 15 is 0 Å². The number of hydrogen-bond acceptors (Lipinski definition) is 6. The predicted octanol–water partition coefficient (Wildman–Crippen LogP) is 2.82.